The van der Waals surface area contributed by atoms with Gasteiger partial charge in [0, 0.05) is 49.5 Å². The van der Waals surface area contributed by atoms with E-state index in [4.69, 9.17) is 4.74 Å². The molecule has 1 N–H and O–H groups in total. The Labute approximate surface area is 194 Å². The van der Waals surface area contributed by atoms with Crippen LogP contribution in [0.2, 0.25) is 0 Å². The Kier molecular flexibility index (Phi) is 7.25. The van der Waals surface area contributed by atoms with Crippen molar-refractivity contribution in [2.75, 3.05) is 36.4 Å². The Morgan fingerprint density at radius 2 is 1.61 bits per heavy atom. The van der Waals surface area contributed by atoms with Crippen LogP contribution in [-0.4, -0.2) is 42.9 Å². The fraction of sp³-hybridized carbons (Fsp3) is 0.259. The maximum absolute atomic E-state index is 12.7. The quantitative estimate of drug-likeness (QED) is 0.581. The molecular weight excluding hydrogens is 414 g/mol. The molecular formula is C27H29N3O3. The largest absolute Gasteiger partial charge is 0.489 e. The molecule has 0 unspecified atom stereocenters. The van der Waals surface area contributed by atoms with E-state index in [0.29, 0.717) is 24.3 Å². The van der Waals surface area contributed by atoms with Crippen molar-refractivity contribution in [2.45, 2.75) is 20.0 Å². The Bertz CT molecular complexity index is 1080. The number of carbonyl (C=O) groups is 2. The van der Waals surface area contributed by atoms with Gasteiger partial charge >= 0.3 is 0 Å². The molecule has 0 aromatic heterocycles. The van der Waals surface area contributed by atoms with Crippen LogP contribution < -0.4 is 15.0 Å². The number of carbonyl (C=O) groups excluding carboxylic acids is 2. The van der Waals surface area contributed by atoms with Crippen LogP contribution in [0.25, 0.3) is 0 Å². The third-order valence-electron chi connectivity index (χ3n) is 5.77. The smallest absolute Gasteiger partial charge is 0.255 e. The predicted molar refractivity (Wildman–Crippen MR) is 131 cm³/mol. The first-order valence-electron chi connectivity index (χ1n) is 11.3. The van der Waals surface area contributed by atoms with E-state index in [-0.39, 0.29) is 11.8 Å². The fourth-order valence-corrected chi connectivity index (χ4v) is 3.86. The Balaban J connectivity index is 1.32. The highest BCUT2D eigenvalue weighted by Crippen LogP contribution is 2.21. The second-order valence-electron chi connectivity index (χ2n) is 8.02. The van der Waals surface area contributed by atoms with Crippen molar-refractivity contribution < 1.29 is 14.3 Å². The summed E-state index contributed by atoms with van der Waals surface area (Å²) >= 11 is 0. The van der Waals surface area contributed by atoms with Gasteiger partial charge in [-0.05, 0) is 48.0 Å². The number of hydrogen-bond donors (Lipinski definition) is 1. The molecule has 2 amide bonds. The Morgan fingerprint density at radius 3 is 2.30 bits per heavy atom. The van der Waals surface area contributed by atoms with Gasteiger partial charge in [-0.15, -0.1) is 0 Å². The number of ether oxygens (including phenoxy) is 1. The summed E-state index contributed by atoms with van der Waals surface area (Å²) in [6, 6.07) is 25.0. The molecule has 6 nitrogen and oxygen atoms in total. The minimum atomic E-state index is -0.181. The van der Waals surface area contributed by atoms with Crippen LogP contribution in [0.3, 0.4) is 0 Å². The second kappa shape index (κ2) is 10.7. The van der Waals surface area contributed by atoms with Crippen molar-refractivity contribution in [3.05, 3.63) is 90.0 Å². The van der Waals surface area contributed by atoms with E-state index in [1.54, 1.807) is 12.1 Å². The number of anilines is 2. The van der Waals surface area contributed by atoms with Crippen molar-refractivity contribution in [3.63, 3.8) is 0 Å². The fourth-order valence-electron chi connectivity index (χ4n) is 3.86. The number of nitrogens with zero attached hydrogens (tertiary/aromatic N) is 2. The predicted octanol–water partition coefficient (Wildman–Crippen LogP) is 4.58. The van der Waals surface area contributed by atoms with E-state index in [9.17, 15) is 9.59 Å². The molecule has 1 heterocycles. The zero-order valence-electron chi connectivity index (χ0n) is 18.9. The molecule has 1 saturated heterocycles. The molecule has 1 aliphatic rings. The maximum Gasteiger partial charge on any atom is 0.255 e. The van der Waals surface area contributed by atoms with E-state index in [1.165, 1.54) is 0 Å². The van der Waals surface area contributed by atoms with Crippen molar-refractivity contribution in [1.29, 1.82) is 0 Å². The van der Waals surface area contributed by atoms with Crippen LogP contribution in [0.5, 0.6) is 5.75 Å². The zero-order valence-corrected chi connectivity index (χ0v) is 18.9. The van der Waals surface area contributed by atoms with Gasteiger partial charge in [0.15, 0.2) is 0 Å². The van der Waals surface area contributed by atoms with E-state index in [1.807, 2.05) is 78.6 Å². The summed E-state index contributed by atoms with van der Waals surface area (Å²) in [5.41, 5.74) is 3.44. The summed E-state index contributed by atoms with van der Waals surface area (Å²) in [4.78, 5) is 28.8. The number of hydrogen-bond acceptors (Lipinski definition) is 4. The molecule has 3 aromatic carbocycles. The van der Waals surface area contributed by atoms with Crippen LogP contribution >= 0.6 is 0 Å². The lowest BCUT2D eigenvalue weighted by Crippen LogP contribution is -2.48. The highest BCUT2D eigenvalue weighted by Gasteiger charge is 2.20. The lowest BCUT2D eigenvalue weighted by molar-refractivity contribution is -0.131. The highest BCUT2D eigenvalue weighted by atomic mass is 16.5. The summed E-state index contributed by atoms with van der Waals surface area (Å²) in [5, 5.41) is 2.95. The highest BCUT2D eigenvalue weighted by molar-refractivity contribution is 6.04. The van der Waals surface area contributed by atoms with E-state index in [2.05, 4.69) is 10.2 Å². The maximum atomic E-state index is 12.7. The van der Waals surface area contributed by atoms with Gasteiger partial charge in [-0.1, -0.05) is 43.3 Å². The molecule has 6 heteroatoms. The molecule has 0 bridgehead atoms. The van der Waals surface area contributed by atoms with Crippen molar-refractivity contribution >= 4 is 23.2 Å². The van der Waals surface area contributed by atoms with Gasteiger partial charge in [0.2, 0.25) is 5.91 Å². The Morgan fingerprint density at radius 1 is 0.879 bits per heavy atom. The third-order valence-corrected chi connectivity index (χ3v) is 5.77. The average molecular weight is 444 g/mol. The number of amides is 2. The lowest BCUT2D eigenvalue weighted by Gasteiger charge is -2.36. The van der Waals surface area contributed by atoms with Gasteiger partial charge in [0.05, 0.1) is 0 Å². The molecule has 1 aliphatic heterocycles. The van der Waals surface area contributed by atoms with E-state index < -0.39 is 0 Å². The molecule has 0 spiro atoms. The van der Waals surface area contributed by atoms with Gasteiger partial charge in [-0.2, -0.15) is 0 Å². The number of rotatable bonds is 7. The Hall–Kier alpha value is -3.80. The molecule has 1 fully saturated rings. The van der Waals surface area contributed by atoms with Crippen LogP contribution in [0.4, 0.5) is 11.4 Å². The van der Waals surface area contributed by atoms with Gasteiger partial charge in [-0.3, -0.25) is 9.59 Å². The number of nitrogens with one attached hydrogen (secondary N) is 1. The standard InChI is InChI=1S/C27H29N3O3/c1-2-26(31)30-17-15-29(16-18-30)24-13-11-23(12-14-24)28-27(32)22-9-6-10-25(19-22)33-20-21-7-4-3-5-8-21/h3-14,19H,2,15-18,20H2,1H3,(H,28,32). The summed E-state index contributed by atoms with van der Waals surface area (Å²) in [5.74, 6) is 0.685. The normalized spacial score (nSPS) is 13.5. The topological polar surface area (TPSA) is 61.9 Å². The lowest BCUT2D eigenvalue weighted by atomic mass is 10.2. The molecule has 0 aliphatic carbocycles. The first-order valence-corrected chi connectivity index (χ1v) is 11.3. The van der Waals surface area contributed by atoms with Crippen LogP contribution in [-0.2, 0) is 11.4 Å². The van der Waals surface area contributed by atoms with E-state index >= 15 is 0 Å². The number of benzene rings is 3. The molecule has 0 radical (unpaired) electrons. The molecule has 170 valence electrons. The van der Waals surface area contributed by atoms with Crippen LogP contribution in [0, 0.1) is 0 Å². The van der Waals surface area contributed by atoms with Crippen LogP contribution in [0.1, 0.15) is 29.3 Å². The summed E-state index contributed by atoms with van der Waals surface area (Å²) in [6.45, 7) is 5.46. The molecule has 0 atom stereocenters. The van der Waals surface area contributed by atoms with Crippen molar-refractivity contribution in [1.82, 2.24) is 4.90 Å². The summed E-state index contributed by atoms with van der Waals surface area (Å²) in [6.07, 6.45) is 0.552. The average Bonchev–Trinajstić information content (AvgIpc) is 2.88. The SMILES string of the molecule is CCC(=O)N1CCN(c2ccc(NC(=O)c3cccc(OCc4ccccc4)c3)cc2)CC1. The molecule has 4 rings (SSSR count). The van der Waals surface area contributed by atoms with Gasteiger partial charge in [-0.25, -0.2) is 0 Å². The summed E-state index contributed by atoms with van der Waals surface area (Å²) < 4.78 is 5.84. The van der Waals surface area contributed by atoms with Gasteiger partial charge in [0.1, 0.15) is 12.4 Å². The van der Waals surface area contributed by atoms with E-state index in [0.717, 1.165) is 43.1 Å². The molecule has 33 heavy (non-hydrogen) atoms. The zero-order chi connectivity index (χ0) is 23.0. The first kappa shape index (κ1) is 22.4. The van der Waals surface area contributed by atoms with Gasteiger partial charge < -0.3 is 19.9 Å². The van der Waals surface area contributed by atoms with Crippen LogP contribution in [0.15, 0.2) is 78.9 Å². The van der Waals surface area contributed by atoms with Crippen molar-refractivity contribution in [2.24, 2.45) is 0 Å². The summed E-state index contributed by atoms with van der Waals surface area (Å²) in [7, 11) is 0. The monoisotopic (exact) mass is 443 g/mol. The second-order valence-corrected chi connectivity index (χ2v) is 8.02. The number of piperazine rings is 1. The minimum absolute atomic E-state index is 0.181. The third kappa shape index (κ3) is 5.92. The van der Waals surface area contributed by atoms with Crippen molar-refractivity contribution in [3.8, 4) is 5.75 Å². The molecule has 0 saturated carbocycles. The molecule has 3 aromatic rings. The van der Waals surface area contributed by atoms with Gasteiger partial charge in [0.25, 0.3) is 5.91 Å². The minimum Gasteiger partial charge on any atom is -0.489 e. The first-order chi connectivity index (χ1) is 16.1.